The van der Waals surface area contributed by atoms with E-state index in [-0.39, 0.29) is 11.8 Å². The number of amides is 2. The maximum absolute atomic E-state index is 12.3. The minimum Gasteiger partial charge on any atom is -0.352 e. The first-order chi connectivity index (χ1) is 13.5. The number of hydrogen-bond acceptors (Lipinski definition) is 2. The maximum Gasteiger partial charge on any atom is 0.255 e. The van der Waals surface area contributed by atoms with Gasteiger partial charge in [-0.3, -0.25) is 9.59 Å². The van der Waals surface area contributed by atoms with Crippen molar-refractivity contribution in [1.82, 2.24) is 5.32 Å². The third kappa shape index (κ3) is 5.44. The Morgan fingerprint density at radius 2 is 1.50 bits per heavy atom. The van der Waals surface area contributed by atoms with Crippen molar-refractivity contribution < 1.29 is 9.59 Å². The molecule has 3 aromatic rings. The lowest BCUT2D eigenvalue weighted by molar-refractivity contribution is 0.0952. The Morgan fingerprint density at radius 3 is 2.14 bits per heavy atom. The van der Waals surface area contributed by atoms with Gasteiger partial charge in [0, 0.05) is 28.4 Å². The van der Waals surface area contributed by atoms with Crippen LogP contribution in [0.2, 0.25) is 5.02 Å². The minimum absolute atomic E-state index is 0.174. The van der Waals surface area contributed by atoms with E-state index >= 15 is 0 Å². The quantitative estimate of drug-likeness (QED) is 0.628. The van der Waals surface area contributed by atoms with Gasteiger partial charge in [-0.25, -0.2) is 0 Å². The lowest BCUT2D eigenvalue weighted by atomic mass is 10.1. The molecule has 5 heteroatoms. The van der Waals surface area contributed by atoms with Crippen molar-refractivity contribution in [3.8, 4) is 0 Å². The minimum atomic E-state index is -0.211. The van der Waals surface area contributed by atoms with E-state index in [1.165, 1.54) is 0 Å². The van der Waals surface area contributed by atoms with Crippen molar-refractivity contribution in [3.05, 3.63) is 100 Å². The van der Waals surface area contributed by atoms with Crippen LogP contribution in [0.1, 0.15) is 31.8 Å². The molecule has 0 spiro atoms. The molecule has 0 aliphatic heterocycles. The van der Waals surface area contributed by atoms with Gasteiger partial charge in [-0.15, -0.1) is 0 Å². The molecule has 0 aliphatic rings. The highest BCUT2D eigenvalue weighted by molar-refractivity contribution is 6.30. The highest BCUT2D eigenvalue weighted by atomic mass is 35.5. The van der Waals surface area contributed by atoms with Crippen LogP contribution in [0.5, 0.6) is 0 Å². The molecule has 0 saturated heterocycles. The van der Waals surface area contributed by atoms with Crippen LogP contribution in [-0.2, 0) is 6.42 Å². The van der Waals surface area contributed by atoms with E-state index < -0.39 is 0 Å². The van der Waals surface area contributed by atoms with E-state index in [9.17, 15) is 9.59 Å². The number of carbonyl (C=O) groups excluding carboxylic acids is 2. The Hall–Kier alpha value is -3.11. The summed E-state index contributed by atoms with van der Waals surface area (Å²) in [6.07, 6.45) is 0.698. The fourth-order valence-electron chi connectivity index (χ4n) is 2.73. The van der Waals surface area contributed by atoms with Gasteiger partial charge in [0.25, 0.3) is 11.8 Å². The van der Waals surface area contributed by atoms with Gasteiger partial charge in [-0.05, 0) is 67.4 Å². The predicted octanol–water partition coefficient (Wildman–Crippen LogP) is 4.87. The van der Waals surface area contributed by atoms with E-state index in [1.807, 2.05) is 55.5 Å². The van der Waals surface area contributed by atoms with Crippen molar-refractivity contribution in [2.75, 3.05) is 11.9 Å². The van der Waals surface area contributed by atoms with Crippen LogP contribution in [0.4, 0.5) is 5.69 Å². The zero-order chi connectivity index (χ0) is 19.9. The SMILES string of the molecule is Cc1ccc(NC(=O)c2ccc(C(=O)NCCc3cccc(Cl)c3)cc2)cc1. The van der Waals surface area contributed by atoms with Gasteiger partial charge in [0.1, 0.15) is 0 Å². The van der Waals surface area contributed by atoms with Gasteiger partial charge in [-0.1, -0.05) is 41.4 Å². The van der Waals surface area contributed by atoms with Gasteiger partial charge < -0.3 is 10.6 Å². The number of nitrogens with one attached hydrogen (secondary N) is 2. The third-order valence-electron chi connectivity index (χ3n) is 4.31. The molecule has 4 nitrogen and oxygen atoms in total. The fourth-order valence-corrected chi connectivity index (χ4v) is 2.94. The Morgan fingerprint density at radius 1 is 0.857 bits per heavy atom. The molecule has 0 saturated carbocycles. The van der Waals surface area contributed by atoms with Crippen LogP contribution in [0.15, 0.2) is 72.8 Å². The summed E-state index contributed by atoms with van der Waals surface area (Å²) in [5, 5.41) is 6.40. The molecule has 0 aliphatic carbocycles. The first kappa shape index (κ1) is 19.6. The number of carbonyl (C=O) groups is 2. The zero-order valence-electron chi connectivity index (χ0n) is 15.5. The molecule has 2 N–H and O–H groups in total. The number of rotatable bonds is 6. The third-order valence-corrected chi connectivity index (χ3v) is 4.54. The smallest absolute Gasteiger partial charge is 0.255 e. The van der Waals surface area contributed by atoms with Crippen LogP contribution in [-0.4, -0.2) is 18.4 Å². The molecule has 142 valence electrons. The number of halogens is 1. The Labute approximate surface area is 169 Å². The summed E-state index contributed by atoms with van der Waals surface area (Å²) in [4.78, 5) is 24.6. The molecule has 0 heterocycles. The normalized spacial score (nSPS) is 10.4. The average Bonchev–Trinajstić information content (AvgIpc) is 2.70. The summed E-state index contributed by atoms with van der Waals surface area (Å²) in [6, 6.07) is 21.7. The summed E-state index contributed by atoms with van der Waals surface area (Å²) in [6.45, 7) is 2.50. The fraction of sp³-hybridized carbons (Fsp3) is 0.130. The van der Waals surface area contributed by atoms with E-state index in [1.54, 1.807) is 24.3 Å². The van der Waals surface area contributed by atoms with Crippen LogP contribution in [0.25, 0.3) is 0 Å². The Kier molecular flexibility index (Phi) is 6.45. The second-order valence-electron chi connectivity index (χ2n) is 6.53. The topological polar surface area (TPSA) is 58.2 Å². The largest absolute Gasteiger partial charge is 0.352 e. The van der Waals surface area contributed by atoms with Crippen molar-refractivity contribution in [3.63, 3.8) is 0 Å². The number of hydrogen-bond donors (Lipinski definition) is 2. The molecule has 0 aromatic heterocycles. The lowest BCUT2D eigenvalue weighted by Crippen LogP contribution is -2.25. The first-order valence-electron chi connectivity index (χ1n) is 9.02. The Balaban J connectivity index is 1.53. The molecule has 3 rings (SSSR count). The summed E-state index contributed by atoms with van der Waals surface area (Å²) >= 11 is 5.96. The Bertz CT molecular complexity index is 967. The van der Waals surface area contributed by atoms with Crippen LogP contribution >= 0.6 is 11.6 Å². The first-order valence-corrected chi connectivity index (χ1v) is 9.40. The summed E-state index contributed by atoms with van der Waals surface area (Å²) in [7, 11) is 0. The molecule has 3 aromatic carbocycles. The van der Waals surface area contributed by atoms with Crippen molar-refractivity contribution in [1.29, 1.82) is 0 Å². The maximum atomic E-state index is 12.3. The molecule has 0 radical (unpaired) electrons. The van der Waals surface area contributed by atoms with Gasteiger partial charge in [0.05, 0.1) is 0 Å². The summed E-state index contributed by atoms with van der Waals surface area (Å²) in [5.74, 6) is -0.385. The van der Waals surface area contributed by atoms with E-state index in [4.69, 9.17) is 11.6 Å². The molecule has 2 amide bonds. The van der Waals surface area contributed by atoms with Gasteiger partial charge >= 0.3 is 0 Å². The molecule has 28 heavy (non-hydrogen) atoms. The summed E-state index contributed by atoms with van der Waals surface area (Å²) in [5.41, 5.74) is 3.94. The van der Waals surface area contributed by atoms with Crippen LogP contribution in [0, 0.1) is 6.92 Å². The number of benzene rings is 3. The standard InChI is InChI=1S/C23H21ClN2O2/c1-16-5-11-21(12-6-16)26-23(28)19-9-7-18(8-10-19)22(27)25-14-13-17-3-2-4-20(24)15-17/h2-12,15H,13-14H2,1H3,(H,25,27)(H,26,28). The monoisotopic (exact) mass is 392 g/mol. The van der Waals surface area contributed by atoms with E-state index in [2.05, 4.69) is 10.6 Å². The second kappa shape index (κ2) is 9.20. The molecular weight excluding hydrogens is 372 g/mol. The van der Waals surface area contributed by atoms with Crippen LogP contribution < -0.4 is 10.6 Å². The lowest BCUT2D eigenvalue weighted by Gasteiger charge is -2.08. The number of aryl methyl sites for hydroxylation is 1. The molecule has 0 atom stereocenters. The second-order valence-corrected chi connectivity index (χ2v) is 6.97. The zero-order valence-corrected chi connectivity index (χ0v) is 16.3. The van der Waals surface area contributed by atoms with E-state index in [0.29, 0.717) is 29.1 Å². The van der Waals surface area contributed by atoms with Gasteiger partial charge in [-0.2, -0.15) is 0 Å². The highest BCUT2D eigenvalue weighted by Gasteiger charge is 2.09. The van der Waals surface area contributed by atoms with Crippen LogP contribution in [0.3, 0.4) is 0 Å². The summed E-state index contributed by atoms with van der Waals surface area (Å²) < 4.78 is 0. The molecular formula is C23H21ClN2O2. The van der Waals surface area contributed by atoms with Gasteiger partial charge in [0.15, 0.2) is 0 Å². The predicted molar refractivity (Wildman–Crippen MR) is 113 cm³/mol. The van der Waals surface area contributed by atoms with E-state index in [0.717, 1.165) is 16.8 Å². The van der Waals surface area contributed by atoms with Gasteiger partial charge in [0.2, 0.25) is 0 Å². The van der Waals surface area contributed by atoms with Crippen molar-refractivity contribution >= 4 is 29.1 Å². The average molecular weight is 393 g/mol. The molecule has 0 bridgehead atoms. The van der Waals surface area contributed by atoms with Crippen molar-refractivity contribution in [2.24, 2.45) is 0 Å². The van der Waals surface area contributed by atoms with Crippen molar-refractivity contribution in [2.45, 2.75) is 13.3 Å². The number of anilines is 1. The molecule has 0 fully saturated rings. The molecule has 0 unspecified atom stereocenters. The highest BCUT2D eigenvalue weighted by Crippen LogP contribution is 2.13.